The number of hydrogen-bond acceptors (Lipinski definition) is 7. The van der Waals surface area contributed by atoms with E-state index in [1.54, 1.807) is 30.3 Å². The highest BCUT2D eigenvalue weighted by atomic mass is 16.5. The molecule has 0 aliphatic carbocycles. The maximum Gasteiger partial charge on any atom is 0.255 e. The van der Waals surface area contributed by atoms with Gasteiger partial charge in [0.25, 0.3) is 5.91 Å². The van der Waals surface area contributed by atoms with E-state index in [1.165, 1.54) is 31.5 Å². The average molecular weight is 450 g/mol. The van der Waals surface area contributed by atoms with Crippen LogP contribution in [0.4, 0.5) is 5.69 Å². The Morgan fingerprint density at radius 2 is 1.91 bits per heavy atom. The molecule has 1 aromatic carbocycles. The van der Waals surface area contributed by atoms with Crippen LogP contribution in [0.1, 0.15) is 35.3 Å². The Hall–Kier alpha value is -3.65. The minimum absolute atomic E-state index is 0.0834. The van der Waals surface area contributed by atoms with E-state index in [2.05, 4.69) is 20.5 Å². The fourth-order valence-corrected chi connectivity index (χ4v) is 3.57. The molecule has 1 fully saturated rings. The quantitative estimate of drug-likeness (QED) is 0.221. The summed E-state index contributed by atoms with van der Waals surface area (Å²) in [5.74, 6) is 0.0769. The third kappa shape index (κ3) is 6.92. The number of aromatic nitrogens is 1. The molecule has 33 heavy (non-hydrogen) atoms. The highest BCUT2D eigenvalue weighted by Crippen LogP contribution is 2.21. The molecule has 1 amide bonds. The van der Waals surface area contributed by atoms with E-state index >= 15 is 0 Å². The van der Waals surface area contributed by atoms with Crippen molar-refractivity contribution in [3.63, 3.8) is 0 Å². The molecule has 0 atom stereocenters. The maximum absolute atomic E-state index is 12.7. The van der Waals surface area contributed by atoms with E-state index in [0.29, 0.717) is 42.1 Å². The van der Waals surface area contributed by atoms with Crippen molar-refractivity contribution in [1.82, 2.24) is 15.6 Å². The molecule has 8 heteroatoms. The maximum atomic E-state index is 12.7. The van der Waals surface area contributed by atoms with Crippen LogP contribution in [0.15, 0.2) is 60.4 Å². The number of piperidine rings is 1. The number of nitrogens with two attached hydrogens (primary N) is 1. The number of amides is 1. The molecule has 0 saturated carbocycles. The van der Waals surface area contributed by atoms with Gasteiger partial charge in [0.15, 0.2) is 6.29 Å². The van der Waals surface area contributed by atoms with Gasteiger partial charge in [0.05, 0.1) is 11.4 Å². The Kier molecular flexibility index (Phi) is 9.02. The zero-order chi connectivity index (χ0) is 23.5. The van der Waals surface area contributed by atoms with Gasteiger partial charge in [0, 0.05) is 48.7 Å². The lowest BCUT2D eigenvalue weighted by Crippen LogP contribution is -2.29. The highest BCUT2D eigenvalue weighted by Gasteiger charge is 2.13. The number of nitrogens with one attached hydrogen (secondary N) is 2. The molecule has 2 aromatic rings. The third-order valence-corrected chi connectivity index (χ3v) is 5.35. The highest BCUT2D eigenvalue weighted by molar-refractivity contribution is 5.99. The summed E-state index contributed by atoms with van der Waals surface area (Å²) in [5.41, 5.74) is 8.45. The van der Waals surface area contributed by atoms with Crippen molar-refractivity contribution in [1.29, 1.82) is 0 Å². The van der Waals surface area contributed by atoms with Crippen LogP contribution in [0, 0.1) is 0 Å². The fourth-order valence-electron chi connectivity index (χ4n) is 3.57. The van der Waals surface area contributed by atoms with Crippen molar-refractivity contribution in [2.24, 2.45) is 5.73 Å². The van der Waals surface area contributed by atoms with Gasteiger partial charge in [-0.15, -0.1) is 0 Å². The number of aldehydes is 1. The van der Waals surface area contributed by atoms with Gasteiger partial charge in [0.2, 0.25) is 5.88 Å². The van der Waals surface area contributed by atoms with E-state index in [4.69, 9.17) is 10.5 Å². The first-order valence-electron chi connectivity index (χ1n) is 11.1. The lowest BCUT2D eigenvalue weighted by atomic mass is 10.1. The van der Waals surface area contributed by atoms with Crippen molar-refractivity contribution >= 4 is 23.5 Å². The van der Waals surface area contributed by atoms with Crippen LogP contribution in [-0.2, 0) is 4.79 Å². The molecule has 0 spiro atoms. The predicted octanol–water partition coefficient (Wildman–Crippen LogP) is 2.48. The summed E-state index contributed by atoms with van der Waals surface area (Å²) in [7, 11) is 1.84. The molecule has 3 rings (SSSR count). The first kappa shape index (κ1) is 24.0. The van der Waals surface area contributed by atoms with E-state index in [9.17, 15) is 9.59 Å². The number of nitrogens with zero attached hydrogens (tertiary/aromatic N) is 2. The van der Waals surface area contributed by atoms with Gasteiger partial charge in [-0.2, -0.15) is 0 Å². The number of pyridine rings is 1. The zero-order valence-electron chi connectivity index (χ0n) is 18.9. The molecule has 1 aromatic heterocycles. The Morgan fingerprint density at radius 3 is 2.58 bits per heavy atom. The summed E-state index contributed by atoms with van der Waals surface area (Å²) in [6, 6.07) is 12.7. The molecule has 1 saturated heterocycles. The van der Waals surface area contributed by atoms with Crippen molar-refractivity contribution in [2.75, 3.05) is 38.2 Å². The lowest BCUT2D eigenvalue weighted by molar-refractivity contribution is -0.105. The van der Waals surface area contributed by atoms with Crippen molar-refractivity contribution < 1.29 is 14.3 Å². The van der Waals surface area contributed by atoms with Crippen LogP contribution in [0.3, 0.4) is 0 Å². The second-order valence-electron chi connectivity index (χ2n) is 7.70. The minimum Gasteiger partial charge on any atom is -0.476 e. The normalized spacial score (nSPS) is 14.6. The molecule has 1 aliphatic rings. The van der Waals surface area contributed by atoms with E-state index in [1.807, 2.05) is 19.2 Å². The van der Waals surface area contributed by atoms with Crippen LogP contribution >= 0.6 is 0 Å². The van der Waals surface area contributed by atoms with Gasteiger partial charge in [-0.25, -0.2) is 4.98 Å². The predicted molar refractivity (Wildman–Crippen MR) is 130 cm³/mol. The number of carbonyl (C=O) groups is 2. The molecular weight excluding hydrogens is 418 g/mol. The summed E-state index contributed by atoms with van der Waals surface area (Å²) >= 11 is 0. The lowest BCUT2D eigenvalue weighted by Gasteiger charge is -2.28. The second-order valence-corrected chi connectivity index (χ2v) is 7.70. The Morgan fingerprint density at radius 1 is 1.15 bits per heavy atom. The van der Waals surface area contributed by atoms with Gasteiger partial charge in [-0.3, -0.25) is 9.59 Å². The van der Waals surface area contributed by atoms with E-state index < -0.39 is 0 Å². The zero-order valence-corrected chi connectivity index (χ0v) is 18.9. The van der Waals surface area contributed by atoms with Gasteiger partial charge < -0.3 is 26.0 Å². The van der Waals surface area contributed by atoms with E-state index in [-0.39, 0.29) is 11.6 Å². The number of allylic oxidation sites excluding steroid dienone is 3. The summed E-state index contributed by atoms with van der Waals surface area (Å²) in [6.45, 7) is 3.23. The average Bonchev–Trinajstić information content (AvgIpc) is 2.87. The van der Waals surface area contributed by atoms with Gasteiger partial charge in [-0.05, 0) is 62.7 Å². The number of hydrogen-bond donors (Lipinski definition) is 3. The van der Waals surface area contributed by atoms with Crippen LogP contribution < -0.4 is 26.0 Å². The molecule has 174 valence electrons. The molecule has 4 N–H and O–H groups in total. The van der Waals surface area contributed by atoms with Gasteiger partial charge >= 0.3 is 0 Å². The van der Waals surface area contributed by atoms with Crippen LogP contribution in [-0.4, -0.2) is 50.5 Å². The third-order valence-electron chi connectivity index (χ3n) is 5.35. The van der Waals surface area contributed by atoms with Gasteiger partial charge in [0.1, 0.15) is 6.61 Å². The van der Waals surface area contributed by atoms with Crippen molar-refractivity contribution in [3.05, 3.63) is 71.7 Å². The van der Waals surface area contributed by atoms with Crippen molar-refractivity contribution in [3.8, 4) is 5.88 Å². The Balaban J connectivity index is 1.68. The Bertz CT molecular complexity index is 995. The topological polar surface area (TPSA) is 110 Å². The minimum atomic E-state index is -0.368. The standard InChI is InChI=1S/C25H31N5O3/c1-27-12-15-33-24-7-5-6-23(29-24)20(17-26)16-21(18-31)28-25(32)19-8-10-22(11-9-19)30-13-3-2-4-14-30/h5-11,16-18,27H,2-4,12-15,26H2,1H3,(H,28,32)/b20-17?,21-16+. The Labute approximate surface area is 194 Å². The molecule has 2 heterocycles. The SMILES string of the molecule is CNCCOc1cccc(C(=CN)/C=C(\C=O)NC(=O)c2ccc(N3CCCCC3)cc2)n1. The van der Waals surface area contributed by atoms with Crippen LogP contribution in [0.25, 0.3) is 5.57 Å². The van der Waals surface area contributed by atoms with Crippen molar-refractivity contribution in [2.45, 2.75) is 19.3 Å². The molecular formula is C25H31N5O3. The number of rotatable bonds is 10. The molecule has 0 radical (unpaired) electrons. The largest absolute Gasteiger partial charge is 0.476 e. The molecule has 0 unspecified atom stereocenters. The molecule has 1 aliphatic heterocycles. The van der Waals surface area contributed by atoms with Crippen LogP contribution in [0.2, 0.25) is 0 Å². The first-order valence-corrected chi connectivity index (χ1v) is 11.1. The summed E-state index contributed by atoms with van der Waals surface area (Å²) in [4.78, 5) is 31.1. The van der Waals surface area contributed by atoms with Gasteiger partial charge in [-0.1, -0.05) is 6.07 Å². The molecule has 8 nitrogen and oxygen atoms in total. The fraction of sp³-hybridized carbons (Fsp3) is 0.320. The molecule has 0 bridgehead atoms. The number of carbonyl (C=O) groups excluding carboxylic acids is 2. The number of likely N-dealkylation sites (N-methyl/N-ethyl adjacent to an activating group) is 1. The number of anilines is 1. The summed E-state index contributed by atoms with van der Waals surface area (Å²) < 4.78 is 5.58. The summed E-state index contributed by atoms with van der Waals surface area (Å²) in [6.07, 6.45) is 7.05. The second kappa shape index (κ2) is 12.4. The smallest absolute Gasteiger partial charge is 0.255 e. The monoisotopic (exact) mass is 449 g/mol. The number of ether oxygens (including phenoxy) is 1. The summed E-state index contributed by atoms with van der Waals surface area (Å²) in [5, 5.41) is 5.65. The number of benzene rings is 1. The van der Waals surface area contributed by atoms with E-state index in [0.717, 1.165) is 18.8 Å². The van der Waals surface area contributed by atoms with Crippen LogP contribution in [0.5, 0.6) is 5.88 Å². The first-order chi connectivity index (χ1) is 16.1.